The molecular weight excluding hydrogens is 332 g/mol. The molecule has 0 aromatic heterocycles. The Balaban J connectivity index is 1.89. The summed E-state index contributed by atoms with van der Waals surface area (Å²) in [5.41, 5.74) is 2.05. The van der Waals surface area contributed by atoms with Gasteiger partial charge < -0.3 is 20.9 Å². The van der Waals surface area contributed by atoms with E-state index in [1.54, 1.807) is 41.3 Å². The summed E-state index contributed by atoms with van der Waals surface area (Å²) in [7, 11) is 0. The average molecular weight is 354 g/mol. The quantitative estimate of drug-likeness (QED) is 0.745. The molecule has 0 atom stereocenters. The summed E-state index contributed by atoms with van der Waals surface area (Å²) in [5, 5.41) is 8.11. The van der Waals surface area contributed by atoms with E-state index in [4.69, 9.17) is 0 Å². The molecule has 0 fully saturated rings. The van der Waals surface area contributed by atoms with E-state index in [9.17, 15) is 14.4 Å². The number of rotatable bonds is 6. The van der Waals surface area contributed by atoms with Gasteiger partial charge in [0.1, 0.15) is 0 Å². The molecule has 0 aliphatic rings. The van der Waals surface area contributed by atoms with Crippen LogP contribution in [0.2, 0.25) is 0 Å². The van der Waals surface area contributed by atoms with Gasteiger partial charge in [-0.15, -0.1) is 0 Å². The fourth-order valence-electron chi connectivity index (χ4n) is 2.37. The van der Waals surface area contributed by atoms with E-state index in [2.05, 4.69) is 16.0 Å². The normalized spacial score (nSPS) is 9.92. The van der Waals surface area contributed by atoms with Gasteiger partial charge in [0, 0.05) is 44.0 Å². The lowest BCUT2D eigenvalue weighted by atomic mass is 10.2. The van der Waals surface area contributed by atoms with E-state index in [1.165, 1.54) is 13.8 Å². The summed E-state index contributed by atoms with van der Waals surface area (Å²) >= 11 is 0. The van der Waals surface area contributed by atoms with Gasteiger partial charge in [0.05, 0.1) is 0 Å². The van der Waals surface area contributed by atoms with Crippen molar-refractivity contribution in [3.63, 3.8) is 0 Å². The van der Waals surface area contributed by atoms with E-state index in [0.29, 0.717) is 30.2 Å². The summed E-state index contributed by atoms with van der Waals surface area (Å²) in [4.78, 5) is 36.4. The molecule has 2 rings (SSSR count). The molecule has 0 aliphatic heterocycles. The molecular formula is C19H22N4O3. The number of amides is 4. The third kappa shape index (κ3) is 5.94. The van der Waals surface area contributed by atoms with Crippen molar-refractivity contribution in [2.75, 3.05) is 28.6 Å². The van der Waals surface area contributed by atoms with E-state index < -0.39 is 0 Å². The lowest BCUT2D eigenvalue weighted by Gasteiger charge is -2.21. The Kier molecular flexibility index (Phi) is 6.73. The van der Waals surface area contributed by atoms with Gasteiger partial charge in [-0.2, -0.15) is 0 Å². The first kappa shape index (κ1) is 19.0. The Hall–Kier alpha value is -3.35. The molecule has 2 aromatic rings. The van der Waals surface area contributed by atoms with Crippen LogP contribution in [0.1, 0.15) is 13.8 Å². The molecule has 3 N–H and O–H groups in total. The van der Waals surface area contributed by atoms with Crippen LogP contribution in [0.4, 0.5) is 21.9 Å². The summed E-state index contributed by atoms with van der Waals surface area (Å²) in [5.74, 6) is -0.294. The van der Waals surface area contributed by atoms with Crippen molar-refractivity contribution in [3.8, 4) is 0 Å². The largest absolute Gasteiger partial charge is 0.336 e. The number of hydrogen-bond donors (Lipinski definition) is 3. The first-order valence-corrected chi connectivity index (χ1v) is 8.21. The molecule has 0 bridgehead atoms. The van der Waals surface area contributed by atoms with Gasteiger partial charge in [-0.1, -0.05) is 18.2 Å². The Morgan fingerprint density at radius 1 is 0.846 bits per heavy atom. The minimum Gasteiger partial charge on any atom is -0.336 e. The summed E-state index contributed by atoms with van der Waals surface area (Å²) in [6.07, 6.45) is 0. The van der Waals surface area contributed by atoms with E-state index in [0.717, 1.165) is 0 Å². The molecule has 0 unspecified atom stereocenters. The highest BCUT2D eigenvalue weighted by Crippen LogP contribution is 2.18. The maximum absolute atomic E-state index is 11.9. The van der Waals surface area contributed by atoms with E-state index in [1.807, 2.05) is 18.2 Å². The topological polar surface area (TPSA) is 90.5 Å². The molecule has 0 radical (unpaired) electrons. The van der Waals surface area contributed by atoms with E-state index in [-0.39, 0.29) is 17.8 Å². The van der Waals surface area contributed by atoms with Gasteiger partial charge in [0.15, 0.2) is 0 Å². The maximum Gasteiger partial charge on any atom is 0.319 e. The summed E-state index contributed by atoms with van der Waals surface area (Å²) < 4.78 is 0. The molecule has 2 aromatic carbocycles. The maximum atomic E-state index is 11.9. The first-order chi connectivity index (χ1) is 12.5. The number of para-hydroxylation sites is 1. The second kappa shape index (κ2) is 9.22. The summed E-state index contributed by atoms with van der Waals surface area (Å²) in [6.45, 7) is 3.52. The number of urea groups is 1. The van der Waals surface area contributed by atoms with Gasteiger partial charge in [-0.25, -0.2) is 4.79 Å². The van der Waals surface area contributed by atoms with Crippen molar-refractivity contribution in [2.45, 2.75) is 13.8 Å². The van der Waals surface area contributed by atoms with Crippen molar-refractivity contribution in [3.05, 3.63) is 54.6 Å². The molecule has 136 valence electrons. The lowest BCUT2D eigenvalue weighted by Crippen LogP contribution is -2.39. The molecule has 0 saturated carbocycles. The number of benzene rings is 2. The zero-order chi connectivity index (χ0) is 18.9. The standard InChI is InChI=1S/C19H22N4O3/c1-14(24)21-17-8-10-18(11-9-17)23(15(2)25)13-12-20-19(26)22-16-6-4-3-5-7-16/h3-11H,12-13H2,1-2H3,(H,21,24)(H2,20,22,26). The number of hydrogen-bond acceptors (Lipinski definition) is 3. The molecule has 7 heteroatoms. The fraction of sp³-hybridized carbons (Fsp3) is 0.211. The fourth-order valence-corrected chi connectivity index (χ4v) is 2.37. The second-order valence-electron chi connectivity index (χ2n) is 5.65. The van der Waals surface area contributed by atoms with Gasteiger partial charge in [-0.3, -0.25) is 9.59 Å². The van der Waals surface area contributed by atoms with Gasteiger partial charge >= 0.3 is 6.03 Å². The Labute approximate surface area is 152 Å². The second-order valence-corrected chi connectivity index (χ2v) is 5.65. The summed E-state index contributed by atoms with van der Waals surface area (Å²) in [6, 6.07) is 15.7. The third-order valence-electron chi connectivity index (χ3n) is 3.53. The van der Waals surface area contributed by atoms with Crippen LogP contribution in [0, 0.1) is 0 Å². The molecule has 0 aliphatic carbocycles. The Bertz CT molecular complexity index is 760. The number of anilines is 3. The molecule has 0 saturated heterocycles. The molecule has 0 heterocycles. The number of carbonyl (C=O) groups excluding carboxylic acids is 3. The van der Waals surface area contributed by atoms with Crippen LogP contribution < -0.4 is 20.9 Å². The zero-order valence-electron chi connectivity index (χ0n) is 14.8. The highest BCUT2D eigenvalue weighted by Gasteiger charge is 2.12. The lowest BCUT2D eigenvalue weighted by molar-refractivity contribution is -0.116. The Morgan fingerprint density at radius 3 is 2.04 bits per heavy atom. The minimum absolute atomic E-state index is 0.137. The average Bonchev–Trinajstić information content (AvgIpc) is 2.60. The smallest absolute Gasteiger partial charge is 0.319 e. The SMILES string of the molecule is CC(=O)Nc1ccc(N(CCNC(=O)Nc2ccccc2)C(C)=O)cc1. The molecule has 4 amide bonds. The van der Waals surface area contributed by atoms with Crippen LogP contribution in [-0.2, 0) is 9.59 Å². The number of nitrogens with zero attached hydrogens (tertiary/aromatic N) is 1. The molecule has 0 spiro atoms. The van der Waals surface area contributed by atoms with Gasteiger partial charge in [0.25, 0.3) is 0 Å². The van der Waals surface area contributed by atoms with Gasteiger partial charge in [0.2, 0.25) is 11.8 Å². The Morgan fingerprint density at radius 2 is 1.46 bits per heavy atom. The van der Waals surface area contributed by atoms with Crippen LogP contribution in [0.5, 0.6) is 0 Å². The van der Waals surface area contributed by atoms with Crippen LogP contribution in [0.15, 0.2) is 54.6 Å². The minimum atomic E-state index is -0.333. The van der Waals surface area contributed by atoms with Gasteiger partial charge in [-0.05, 0) is 36.4 Å². The van der Waals surface area contributed by atoms with Crippen molar-refractivity contribution in [2.24, 2.45) is 0 Å². The highest BCUT2D eigenvalue weighted by molar-refractivity contribution is 5.93. The molecule has 7 nitrogen and oxygen atoms in total. The number of carbonyl (C=O) groups is 3. The van der Waals surface area contributed by atoms with Crippen LogP contribution in [0.25, 0.3) is 0 Å². The highest BCUT2D eigenvalue weighted by atomic mass is 16.2. The first-order valence-electron chi connectivity index (χ1n) is 8.21. The monoisotopic (exact) mass is 354 g/mol. The third-order valence-corrected chi connectivity index (χ3v) is 3.53. The van der Waals surface area contributed by atoms with Crippen LogP contribution >= 0.6 is 0 Å². The van der Waals surface area contributed by atoms with Crippen LogP contribution in [-0.4, -0.2) is 30.9 Å². The van der Waals surface area contributed by atoms with Crippen molar-refractivity contribution < 1.29 is 14.4 Å². The van der Waals surface area contributed by atoms with Crippen LogP contribution in [0.3, 0.4) is 0 Å². The molecule has 26 heavy (non-hydrogen) atoms. The van der Waals surface area contributed by atoms with Crippen molar-refractivity contribution >= 4 is 34.9 Å². The predicted octanol–water partition coefficient (Wildman–Crippen LogP) is 2.82. The zero-order valence-corrected chi connectivity index (χ0v) is 14.8. The van der Waals surface area contributed by atoms with Crippen molar-refractivity contribution in [1.82, 2.24) is 5.32 Å². The predicted molar refractivity (Wildman–Crippen MR) is 102 cm³/mol. The van der Waals surface area contributed by atoms with E-state index >= 15 is 0 Å². The van der Waals surface area contributed by atoms with Crippen molar-refractivity contribution in [1.29, 1.82) is 0 Å². The number of nitrogens with one attached hydrogen (secondary N) is 3.